The van der Waals surface area contributed by atoms with Crippen molar-refractivity contribution < 1.29 is 14.0 Å². The number of nitrogens with one attached hydrogen (secondary N) is 1. The molecule has 0 atom stereocenters. The van der Waals surface area contributed by atoms with E-state index in [1.165, 1.54) is 6.26 Å². The average Bonchev–Trinajstić information content (AvgIpc) is 3.16. The van der Waals surface area contributed by atoms with Crippen LogP contribution in [-0.2, 0) is 17.9 Å². The number of aryl methyl sites for hydroxylation is 1. The molecule has 1 aromatic carbocycles. The number of pyridine rings is 1. The molecule has 0 saturated carbocycles. The van der Waals surface area contributed by atoms with Crippen LogP contribution >= 0.6 is 0 Å². The number of furan rings is 1. The Morgan fingerprint density at radius 1 is 1.07 bits per heavy atom. The Balaban J connectivity index is 1.62. The highest BCUT2D eigenvalue weighted by Gasteiger charge is 2.20. The zero-order chi connectivity index (χ0) is 19.8. The van der Waals surface area contributed by atoms with Crippen LogP contribution in [0, 0.1) is 6.92 Å². The summed E-state index contributed by atoms with van der Waals surface area (Å²) in [7, 11) is 0. The van der Waals surface area contributed by atoms with Crippen LogP contribution in [0.25, 0.3) is 0 Å². The monoisotopic (exact) mass is 377 g/mol. The third kappa shape index (κ3) is 5.30. The maximum atomic E-state index is 12.9. The standard InChI is InChI=1S/C22H23N3O3/c1-17-20(11-14-28-17)22(27)25(16-18-7-3-2-4-8-18)13-10-21(26)24-15-19-9-5-6-12-23-19/h2-9,11-12,14H,10,13,15-16H2,1H3,(H,24,26). The number of amides is 2. The first-order valence-corrected chi connectivity index (χ1v) is 9.17. The minimum atomic E-state index is -0.146. The molecular formula is C22H23N3O3. The van der Waals surface area contributed by atoms with Crippen molar-refractivity contribution in [2.24, 2.45) is 0 Å². The molecule has 0 spiro atoms. The Hall–Kier alpha value is -3.41. The lowest BCUT2D eigenvalue weighted by atomic mass is 10.1. The number of benzene rings is 1. The van der Waals surface area contributed by atoms with Gasteiger partial charge in [0.2, 0.25) is 5.91 Å². The van der Waals surface area contributed by atoms with Crippen LogP contribution in [0.4, 0.5) is 0 Å². The summed E-state index contributed by atoms with van der Waals surface area (Å²) in [5, 5.41) is 2.85. The van der Waals surface area contributed by atoms with Gasteiger partial charge >= 0.3 is 0 Å². The molecule has 0 aliphatic rings. The molecule has 6 nitrogen and oxygen atoms in total. The predicted molar refractivity (Wildman–Crippen MR) is 105 cm³/mol. The number of aromatic nitrogens is 1. The second-order valence-corrected chi connectivity index (χ2v) is 6.45. The fourth-order valence-electron chi connectivity index (χ4n) is 2.85. The van der Waals surface area contributed by atoms with Gasteiger partial charge in [-0.1, -0.05) is 36.4 Å². The quantitative estimate of drug-likeness (QED) is 0.653. The minimum absolute atomic E-state index is 0.125. The number of rotatable bonds is 8. The fraction of sp³-hybridized carbons (Fsp3) is 0.227. The molecule has 0 fully saturated rings. The van der Waals surface area contributed by atoms with Crippen LogP contribution in [0.15, 0.2) is 71.5 Å². The minimum Gasteiger partial charge on any atom is -0.469 e. The Labute approximate surface area is 164 Å². The van der Waals surface area contributed by atoms with E-state index in [4.69, 9.17) is 4.42 Å². The summed E-state index contributed by atoms with van der Waals surface area (Å²) in [5.74, 6) is 0.302. The van der Waals surface area contributed by atoms with Gasteiger partial charge in [0.1, 0.15) is 5.76 Å². The van der Waals surface area contributed by atoms with E-state index in [2.05, 4.69) is 10.3 Å². The first-order chi connectivity index (χ1) is 13.6. The average molecular weight is 377 g/mol. The molecule has 0 unspecified atom stereocenters. The van der Waals surface area contributed by atoms with Crippen molar-refractivity contribution >= 4 is 11.8 Å². The normalized spacial score (nSPS) is 10.5. The van der Waals surface area contributed by atoms with Crippen LogP contribution in [0.2, 0.25) is 0 Å². The summed E-state index contributed by atoms with van der Waals surface area (Å²) >= 11 is 0. The maximum Gasteiger partial charge on any atom is 0.257 e. The van der Waals surface area contributed by atoms with Crippen LogP contribution in [-0.4, -0.2) is 28.2 Å². The topological polar surface area (TPSA) is 75.4 Å². The molecule has 28 heavy (non-hydrogen) atoms. The summed E-state index contributed by atoms with van der Waals surface area (Å²) in [6, 6.07) is 16.9. The highest BCUT2D eigenvalue weighted by molar-refractivity contribution is 5.95. The molecule has 3 aromatic rings. The number of hydrogen-bond donors (Lipinski definition) is 1. The van der Waals surface area contributed by atoms with Crippen molar-refractivity contribution in [2.75, 3.05) is 6.54 Å². The Kier molecular flexibility index (Phi) is 6.57. The van der Waals surface area contributed by atoms with Crippen molar-refractivity contribution in [3.05, 3.63) is 89.6 Å². The molecule has 1 N–H and O–H groups in total. The van der Waals surface area contributed by atoms with E-state index in [0.717, 1.165) is 11.3 Å². The molecular weight excluding hydrogens is 354 g/mol. The van der Waals surface area contributed by atoms with Crippen LogP contribution in [0.3, 0.4) is 0 Å². The zero-order valence-electron chi connectivity index (χ0n) is 15.8. The summed E-state index contributed by atoms with van der Waals surface area (Å²) in [6.07, 6.45) is 3.40. The molecule has 0 aliphatic carbocycles. The van der Waals surface area contributed by atoms with Crippen molar-refractivity contribution in [3.63, 3.8) is 0 Å². The lowest BCUT2D eigenvalue weighted by molar-refractivity contribution is -0.121. The first kappa shape index (κ1) is 19.4. The van der Waals surface area contributed by atoms with Gasteiger partial charge < -0.3 is 14.6 Å². The number of carbonyl (C=O) groups is 2. The van der Waals surface area contributed by atoms with Crippen molar-refractivity contribution in [2.45, 2.75) is 26.4 Å². The molecule has 2 amide bonds. The van der Waals surface area contributed by atoms with E-state index in [-0.39, 0.29) is 18.2 Å². The van der Waals surface area contributed by atoms with Gasteiger partial charge in [0.05, 0.1) is 24.1 Å². The second kappa shape index (κ2) is 9.50. The molecule has 6 heteroatoms. The fourth-order valence-corrected chi connectivity index (χ4v) is 2.85. The largest absolute Gasteiger partial charge is 0.469 e. The van der Waals surface area contributed by atoms with E-state index in [9.17, 15) is 9.59 Å². The van der Waals surface area contributed by atoms with Crippen molar-refractivity contribution in [3.8, 4) is 0 Å². The lowest BCUT2D eigenvalue weighted by Crippen LogP contribution is -2.35. The van der Waals surface area contributed by atoms with Gasteiger partial charge in [-0.2, -0.15) is 0 Å². The predicted octanol–water partition coefficient (Wildman–Crippen LogP) is 3.33. The molecule has 144 valence electrons. The van der Waals surface area contributed by atoms with Crippen LogP contribution in [0.5, 0.6) is 0 Å². The van der Waals surface area contributed by atoms with E-state index in [1.54, 1.807) is 24.1 Å². The maximum absolute atomic E-state index is 12.9. The SMILES string of the molecule is Cc1occc1C(=O)N(CCC(=O)NCc1ccccn1)Cc1ccccc1. The highest BCUT2D eigenvalue weighted by Crippen LogP contribution is 2.15. The summed E-state index contributed by atoms with van der Waals surface area (Å²) in [5.41, 5.74) is 2.32. The number of hydrogen-bond acceptors (Lipinski definition) is 4. The summed E-state index contributed by atoms with van der Waals surface area (Å²) in [4.78, 5) is 31.1. The Morgan fingerprint density at radius 2 is 1.86 bits per heavy atom. The van der Waals surface area contributed by atoms with Gasteiger partial charge in [0, 0.05) is 25.7 Å². The first-order valence-electron chi connectivity index (χ1n) is 9.17. The third-order valence-corrected chi connectivity index (χ3v) is 4.39. The zero-order valence-corrected chi connectivity index (χ0v) is 15.8. The molecule has 2 heterocycles. The molecule has 0 saturated heterocycles. The van der Waals surface area contributed by atoms with E-state index >= 15 is 0 Å². The summed E-state index contributed by atoms with van der Waals surface area (Å²) in [6.45, 7) is 2.87. The second-order valence-electron chi connectivity index (χ2n) is 6.45. The molecule has 3 rings (SSSR count). The van der Waals surface area contributed by atoms with Gasteiger partial charge in [-0.25, -0.2) is 0 Å². The molecule has 2 aromatic heterocycles. The molecule has 0 bridgehead atoms. The number of carbonyl (C=O) groups excluding carboxylic acids is 2. The van der Waals surface area contributed by atoms with Crippen LogP contribution in [0.1, 0.15) is 33.8 Å². The van der Waals surface area contributed by atoms with E-state index < -0.39 is 0 Å². The summed E-state index contributed by atoms with van der Waals surface area (Å²) < 4.78 is 5.27. The van der Waals surface area contributed by atoms with Crippen molar-refractivity contribution in [1.29, 1.82) is 0 Å². The van der Waals surface area contributed by atoms with Gasteiger partial charge in [-0.05, 0) is 30.7 Å². The van der Waals surface area contributed by atoms with E-state index in [1.807, 2.05) is 48.5 Å². The Morgan fingerprint density at radius 3 is 2.54 bits per heavy atom. The van der Waals surface area contributed by atoms with Gasteiger partial charge in [0.25, 0.3) is 5.91 Å². The van der Waals surface area contributed by atoms with Gasteiger partial charge in [-0.15, -0.1) is 0 Å². The molecule has 0 aliphatic heterocycles. The lowest BCUT2D eigenvalue weighted by Gasteiger charge is -2.22. The smallest absolute Gasteiger partial charge is 0.257 e. The third-order valence-electron chi connectivity index (χ3n) is 4.39. The van der Waals surface area contributed by atoms with Gasteiger partial charge in [0.15, 0.2) is 0 Å². The Bertz CT molecular complexity index is 907. The van der Waals surface area contributed by atoms with Gasteiger partial charge in [-0.3, -0.25) is 14.6 Å². The molecule has 0 radical (unpaired) electrons. The van der Waals surface area contributed by atoms with Crippen molar-refractivity contribution in [1.82, 2.24) is 15.2 Å². The highest BCUT2D eigenvalue weighted by atomic mass is 16.3. The number of nitrogens with zero attached hydrogens (tertiary/aromatic N) is 2. The van der Waals surface area contributed by atoms with E-state index in [0.29, 0.717) is 31.0 Å². The van der Waals surface area contributed by atoms with Crippen LogP contribution < -0.4 is 5.32 Å².